The maximum absolute atomic E-state index is 13.4. The molecule has 1 aromatic heterocycles. The van der Waals surface area contributed by atoms with Crippen LogP contribution in [-0.4, -0.2) is 46.2 Å². The Bertz CT molecular complexity index is 925. The number of likely N-dealkylation sites (tertiary alicyclic amines) is 2. The van der Waals surface area contributed by atoms with Gasteiger partial charge < -0.3 is 9.80 Å². The van der Waals surface area contributed by atoms with E-state index in [0.29, 0.717) is 29.9 Å². The zero-order valence-corrected chi connectivity index (χ0v) is 16.8. The average molecular weight is 389 g/mol. The topological polar surface area (TPSA) is 53.5 Å². The molecule has 5 rings (SSSR count). The highest BCUT2D eigenvalue weighted by Crippen LogP contribution is 2.47. The maximum atomic E-state index is 13.4. The molecule has 5 heteroatoms. The Kier molecular flexibility index (Phi) is 4.61. The molecule has 3 atom stereocenters. The largest absolute Gasteiger partial charge is 0.342 e. The number of aryl methyl sites for hydroxylation is 1. The smallest absolute Gasteiger partial charge is 0.254 e. The first-order valence-corrected chi connectivity index (χ1v) is 10.7. The van der Waals surface area contributed by atoms with Crippen molar-refractivity contribution < 1.29 is 9.59 Å². The van der Waals surface area contributed by atoms with Crippen LogP contribution in [0.15, 0.2) is 48.8 Å². The molecule has 0 unspecified atom stereocenters. The van der Waals surface area contributed by atoms with Crippen molar-refractivity contribution in [2.45, 2.75) is 32.2 Å². The predicted molar refractivity (Wildman–Crippen MR) is 110 cm³/mol. The van der Waals surface area contributed by atoms with Crippen LogP contribution in [0.4, 0.5) is 0 Å². The Morgan fingerprint density at radius 1 is 1.00 bits per heavy atom. The van der Waals surface area contributed by atoms with Gasteiger partial charge in [0.2, 0.25) is 5.91 Å². The fraction of sp³-hybridized carbons (Fsp3) is 0.458. The summed E-state index contributed by atoms with van der Waals surface area (Å²) >= 11 is 0. The van der Waals surface area contributed by atoms with Gasteiger partial charge in [0.25, 0.3) is 5.91 Å². The molecule has 2 amide bonds. The Morgan fingerprint density at radius 3 is 2.45 bits per heavy atom. The summed E-state index contributed by atoms with van der Waals surface area (Å²) in [6.07, 6.45) is 6.60. The average Bonchev–Trinajstić information content (AvgIpc) is 3.25. The van der Waals surface area contributed by atoms with Crippen molar-refractivity contribution in [3.8, 4) is 0 Å². The van der Waals surface area contributed by atoms with Crippen molar-refractivity contribution in [3.05, 3.63) is 65.5 Å². The van der Waals surface area contributed by atoms with E-state index in [-0.39, 0.29) is 17.9 Å². The molecular formula is C24H27N3O2. The van der Waals surface area contributed by atoms with Crippen molar-refractivity contribution in [2.75, 3.05) is 19.6 Å². The van der Waals surface area contributed by atoms with Crippen LogP contribution in [-0.2, 0) is 4.79 Å². The number of fused-ring (bicyclic) bond motifs is 1. The van der Waals surface area contributed by atoms with Crippen LogP contribution in [0.25, 0.3) is 0 Å². The van der Waals surface area contributed by atoms with Gasteiger partial charge in [0.15, 0.2) is 0 Å². The minimum absolute atomic E-state index is 0.0149. The van der Waals surface area contributed by atoms with Crippen molar-refractivity contribution in [2.24, 2.45) is 17.8 Å². The second-order valence-electron chi connectivity index (χ2n) is 8.79. The molecule has 1 aromatic carbocycles. The van der Waals surface area contributed by atoms with Gasteiger partial charge in [-0.2, -0.15) is 0 Å². The van der Waals surface area contributed by atoms with Gasteiger partial charge in [-0.3, -0.25) is 14.6 Å². The van der Waals surface area contributed by atoms with Gasteiger partial charge in [-0.25, -0.2) is 0 Å². The predicted octanol–water partition coefficient (Wildman–Crippen LogP) is 3.46. The summed E-state index contributed by atoms with van der Waals surface area (Å²) in [5, 5.41) is 0. The highest BCUT2D eigenvalue weighted by Gasteiger charge is 2.51. The third-order valence-corrected chi connectivity index (χ3v) is 7.13. The molecule has 0 N–H and O–H groups in total. The van der Waals surface area contributed by atoms with E-state index in [2.05, 4.69) is 35.0 Å². The lowest BCUT2D eigenvalue weighted by atomic mass is 9.84. The van der Waals surface area contributed by atoms with Crippen molar-refractivity contribution in [1.29, 1.82) is 0 Å². The Balaban J connectivity index is 1.46. The summed E-state index contributed by atoms with van der Waals surface area (Å²) in [7, 11) is 0. The molecule has 0 spiro atoms. The van der Waals surface area contributed by atoms with Gasteiger partial charge in [0, 0.05) is 55.3 Å². The Labute approximate surface area is 171 Å². The molecule has 2 aliphatic heterocycles. The molecule has 0 radical (unpaired) electrons. The van der Waals surface area contributed by atoms with Crippen LogP contribution in [0.2, 0.25) is 0 Å². The van der Waals surface area contributed by atoms with Gasteiger partial charge in [-0.1, -0.05) is 30.7 Å². The lowest BCUT2D eigenvalue weighted by molar-refractivity contribution is -0.137. The molecule has 0 bridgehead atoms. The number of benzene rings is 1. The molecular weight excluding hydrogens is 362 g/mol. The fourth-order valence-electron chi connectivity index (χ4n) is 5.32. The standard InChI is InChI=1S/C24H27N3O2/c1-16-5-2-3-8-20(16)22-21-15-26(23(28)17-6-4-7-17)13-19(21)14-27(22)24(29)18-9-11-25-12-10-18/h2-3,5,8-12,17,19,21-22H,4,6-7,13-15H2,1H3/t19-,21-,22+/m0/s1. The highest BCUT2D eigenvalue weighted by molar-refractivity contribution is 5.94. The zero-order chi connectivity index (χ0) is 20.0. The Morgan fingerprint density at radius 2 is 1.76 bits per heavy atom. The van der Waals surface area contributed by atoms with Crippen LogP contribution in [0.3, 0.4) is 0 Å². The summed E-state index contributed by atoms with van der Waals surface area (Å²) in [6, 6.07) is 11.9. The lowest BCUT2D eigenvalue weighted by Gasteiger charge is -2.33. The van der Waals surface area contributed by atoms with Crippen LogP contribution < -0.4 is 0 Å². The summed E-state index contributed by atoms with van der Waals surface area (Å²) in [4.78, 5) is 34.4. The summed E-state index contributed by atoms with van der Waals surface area (Å²) < 4.78 is 0. The van der Waals surface area contributed by atoms with Gasteiger partial charge in [0.05, 0.1) is 6.04 Å². The second-order valence-corrected chi connectivity index (χ2v) is 8.79. The van der Waals surface area contributed by atoms with Crippen molar-refractivity contribution >= 4 is 11.8 Å². The molecule has 3 heterocycles. The Hall–Kier alpha value is -2.69. The van der Waals surface area contributed by atoms with Crippen LogP contribution in [0, 0.1) is 24.7 Å². The molecule has 1 saturated carbocycles. The number of amides is 2. The third kappa shape index (κ3) is 3.13. The lowest BCUT2D eigenvalue weighted by Crippen LogP contribution is -2.41. The number of hydrogen-bond donors (Lipinski definition) is 0. The van der Waals surface area contributed by atoms with Gasteiger partial charge >= 0.3 is 0 Å². The van der Waals surface area contributed by atoms with Crippen LogP contribution in [0.1, 0.15) is 46.8 Å². The van der Waals surface area contributed by atoms with E-state index in [4.69, 9.17) is 0 Å². The molecule has 5 nitrogen and oxygen atoms in total. The number of rotatable bonds is 3. The first kappa shape index (κ1) is 18.3. The number of hydrogen-bond acceptors (Lipinski definition) is 3. The number of carbonyl (C=O) groups is 2. The normalized spacial score (nSPS) is 26.3. The van der Waals surface area contributed by atoms with Gasteiger partial charge in [0.1, 0.15) is 0 Å². The minimum atomic E-state index is 0.0149. The monoisotopic (exact) mass is 389 g/mol. The molecule has 29 heavy (non-hydrogen) atoms. The summed E-state index contributed by atoms with van der Waals surface area (Å²) in [6.45, 7) is 4.37. The van der Waals surface area contributed by atoms with E-state index in [1.807, 2.05) is 11.0 Å². The van der Waals surface area contributed by atoms with E-state index < -0.39 is 0 Å². The molecule has 3 fully saturated rings. The molecule has 2 aromatic rings. The van der Waals surface area contributed by atoms with Crippen LogP contribution in [0.5, 0.6) is 0 Å². The number of aromatic nitrogens is 1. The molecule has 2 saturated heterocycles. The number of pyridine rings is 1. The van der Waals surface area contributed by atoms with E-state index >= 15 is 0 Å². The van der Waals surface area contributed by atoms with E-state index in [9.17, 15) is 9.59 Å². The van der Waals surface area contributed by atoms with Crippen molar-refractivity contribution in [3.63, 3.8) is 0 Å². The molecule has 150 valence electrons. The molecule has 3 aliphatic rings. The van der Waals surface area contributed by atoms with Gasteiger partial charge in [-0.15, -0.1) is 0 Å². The minimum Gasteiger partial charge on any atom is -0.342 e. The SMILES string of the molecule is Cc1ccccc1[C@@H]1[C@H]2CN(C(=O)C3CCC3)C[C@H]2CN1C(=O)c1ccncc1. The summed E-state index contributed by atoms with van der Waals surface area (Å²) in [5.41, 5.74) is 3.09. The van der Waals surface area contributed by atoms with E-state index in [0.717, 1.165) is 25.9 Å². The van der Waals surface area contributed by atoms with Crippen molar-refractivity contribution in [1.82, 2.24) is 14.8 Å². The zero-order valence-electron chi connectivity index (χ0n) is 16.8. The third-order valence-electron chi connectivity index (χ3n) is 7.13. The van der Waals surface area contributed by atoms with Gasteiger partial charge in [-0.05, 0) is 43.0 Å². The first-order chi connectivity index (χ1) is 14.1. The maximum Gasteiger partial charge on any atom is 0.254 e. The number of carbonyl (C=O) groups excluding carboxylic acids is 2. The second kappa shape index (κ2) is 7.29. The van der Waals surface area contributed by atoms with E-state index in [1.165, 1.54) is 17.5 Å². The molecule has 1 aliphatic carbocycles. The summed E-state index contributed by atoms with van der Waals surface area (Å²) in [5.74, 6) is 1.27. The number of nitrogens with zero attached hydrogens (tertiary/aromatic N) is 3. The fourth-order valence-corrected chi connectivity index (χ4v) is 5.32. The first-order valence-electron chi connectivity index (χ1n) is 10.7. The van der Waals surface area contributed by atoms with E-state index in [1.54, 1.807) is 24.5 Å². The van der Waals surface area contributed by atoms with Crippen LogP contribution >= 0.6 is 0 Å². The highest BCUT2D eigenvalue weighted by atomic mass is 16.2. The quantitative estimate of drug-likeness (QED) is 0.808.